The van der Waals surface area contributed by atoms with Crippen LogP contribution in [0.5, 0.6) is 0 Å². The summed E-state index contributed by atoms with van der Waals surface area (Å²) < 4.78 is 28.8. The van der Waals surface area contributed by atoms with E-state index in [0.717, 1.165) is 38.1 Å². The van der Waals surface area contributed by atoms with Gasteiger partial charge in [0.25, 0.3) is 0 Å². The van der Waals surface area contributed by atoms with E-state index in [1.54, 1.807) is 0 Å². The van der Waals surface area contributed by atoms with Crippen LogP contribution in [-0.2, 0) is 10.0 Å². The van der Waals surface area contributed by atoms with Crippen molar-refractivity contribution in [2.24, 2.45) is 16.7 Å². The summed E-state index contributed by atoms with van der Waals surface area (Å²) >= 11 is 0. The molecule has 3 atom stereocenters. The smallest absolute Gasteiger partial charge is 0.216 e. The molecule has 4 nitrogen and oxygen atoms in total. The molecule has 5 aliphatic rings. The van der Waals surface area contributed by atoms with Crippen LogP contribution in [0.1, 0.15) is 58.8 Å². The summed E-state index contributed by atoms with van der Waals surface area (Å²) in [6, 6.07) is 0. The Morgan fingerprint density at radius 1 is 1.05 bits per heavy atom. The number of hydrogen-bond donors (Lipinski definition) is 2. The van der Waals surface area contributed by atoms with Gasteiger partial charge in [-0.3, -0.25) is 0 Å². The minimum Gasteiger partial charge on any atom is -0.315 e. The Bertz CT molecular complexity index is 535. The zero-order valence-corrected chi connectivity index (χ0v) is 14.1. The first-order valence-electron chi connectivity index (χ1n) is 8.45. The fourth-order valence-electron chi connectivity index (χ4n) is 6.84. The third-order valence-corrected chi connectivity index (χ3v) is 8.44. The van der Waals surface area contributed by atoms with E-state index < -0.39 is 10.0 Å². The quantitative estimate of drug-likeness (QED) is 0.838. The van der Waals surface area contributed by atoms with Crippen LogP contribution in [0, 0.1) is 16.7 Å². The molecular weight excluding hydrogens is 284 g/mol. The first-order chi connectivity index (χ1) is 9.72. The van der Waals surface area contributed by atoms with Crippen molar-refractivity contribution in [1.82, 2.24) is 10.0 Å². The van der Waals surface area contributed by atoms with Crippen LogP contribution >= 0.6 is 0 Å². The maximum atomic E-state index is 12.8. The number of hydrogen-bond acceptors (Lipinski definition) is 3. The number of sulfonamides is 1. The summed E-state index contributed by atoms with van der Waals surface area (Å²) in [4.78, 5) is 0. The van der Waals surface area contributed by atoms with Crippen LogP contribution < -0.4 is 10.0 Å². The van der Waals surface area contributed by atoms with Gasteiger partial charge >= 0.3 is 0 Å². The standard InChI is InChI=1S/C16H28N2O2S/c1-14-5-12-6-15(2,9-14)11-16(7-12,10-14)18-21(19,20)13-3-4-17-8-13/h12-13,17-18H,3-11H2,1-2H3. The van der Waals surface area contributed by atoms with Crippen molar-refractivity contribution in [3.8, 4) is 0 Å². The van der Waals surface area contributed by atoms with Crippen LogP contribution in [-0.4, -0.2) is 32.3 Å². The minimum atomic E-state index is -3.19. The van der Waals surface area contributed by atoms with E-state index >= 15 is 0 Å². The highest BCUT2D eigenvalue weighted by Crippen LogP contribution is 2.66. The highest BCUT2D eigenvalue weighted by Gasteiger charge is 2.61. The van der Waals surface area contributed by atoms with Crippen LogP contribution in [0.3, 0.4) is 0 Å². The van der Waals surface area contributed by atoms with Gasteiger partial charge in [0.1, 0.15) is 0 Å². The third kappa shape index (κ3) is 2.36. The highest BCUT2D eigenvalue weighted by molar-refractivity contribution is 7.90. The van der Waals surface area contributed by atoms with Gasteiger partial charge in [0.2, 0.25) is 10.0 Å². The average Bonchev–Trinajstić information content (AvgIpc) is 2.74. The molecule has 4 saturated carbocycles. The van der Waals surface area contributed by atoms with Gasteiger partial charge in [0, 0.05) is 12.1 Å². The third-order valence-electron chi connectivity index (χ3n) is 6.44. The molecule has 0 aromatic rings. The molecule has 0 aromatic heterocycles. The largest absolute Gasteiger partial charge is 0.315 e. The maximum Gasteiger partial charge on any atom is 0.216 e. The van der Waals surface area contributed by atoms with Gasteiger partial charge in [-0.05, 0) is 68.2 Å². The summed E-state index contributed by atoms with van der Waals surface area (Å²) in [5.41, 5.74) is 0.555. The van der Waals surface area contributed by atoms with Gasteiger partial charge in [0.15, 0.2) is 0 Å². The lowest BCUT2D eigenvalue weighted by molar-refractivity contribution is -0.110. The average molecular weight is 312 g/mol. The molecule has 1 heterocycles. The van der Waals surface area contributed by atoms with Gasteiger partial charge in [-0.25, -0.2) is 13.1 Å². The molecule has 0 radical (unpaired) electrons. The second kappa shape index (κ2) is 4.24. The van der Waals surface area contributed by atoms with Gasteiger partial charge in [-0.2, -0.15) is 0 Å². The van der Waals surface area contributed by atoms with E-state index in [2.05, 4.69) is 23.9 Å². The molecule has 4 bridgehead atoms. The summed E-state index contributed by atoms with van der Waals surface area (Å²) in [7, 11) is -3.19. The molecule has 1 saturated heterocycles. The lowest BCUT2D eigenvalue weighted by atomic mass is 9.43. The summed E-state index contributed by atoms with van der Waals surface area (Å²) in [5.74, 6) is 0.723. The summed E-state index contributed by atoms with van der Waals surface area (Å²) in [6.07, 6.45) is 7.80. The van der Waals surface area contributed by atoms with Crippen LogP contribution in [0.15, 0.2) is 0 Å². The molecule has 0 amide bonds. The molecule has 3 unspecified atom stereocenters. The van der Waals surface area contributed by atoms with Crippen LogP contribution in [0.4, 0.5) is 0 Å². The Kier molecular flexibility index (Phi) is 2.92. The second-order valence-electron chi connectivity index (χ2n) is 9.17. The first-order valence-corrected chi connectivity index (χ1v) is 10.00. The van der Waals surface area contributed by atoms with E-state index in [1.165, 1.54) is 19.3 Å². The fourth-order valence-corrected chi connectivity index (χ4v) is 8.60. The minimum absolute atomic E-state index is 0.148. The Morgan fingerprint density at radius 2 is 1.71 bits per heavy atom. The monoisotopic (exact) mass is 312 g/mol. The maximum absolute atomic E-state index is 12.8. The molecule has 21 heavy (non-hydrogen) atoms. The SMILES string of the molecule is CC12CC3CC(C)(C1)CC(NS(=O)(=O)C1CCNC1)(C3)C2. The molecule has 0 spiro atoms. The molecule has 5 fully saturated rings. The predicted octanol–water partition coefficient (Wildman–Crippen LogP) is 2.02. The highest BCUT2D eigenvalue weighted by atomic mass is 32.2. The zero-order chi connectivity index (χ0) is 14.9. The summed E-state index contributed by atoms with van der Waals surface area (Å²) in [6.45, 7) is 6.21. The van der Waals surface area contributed by atoms with Crippen molar-refractivity contribution >= 4 is 10.0 Å². The molecule has 0 aromatic carbocycles. The van der Waals surface area contributed by atoms with Gasteiger partial charge in [-0.15, -0.1) is 0 Å². The molecule has 2 N–H and O–H groups in total. The lowest BCUT2D eigenvalue weighted by Gasteiger charge is -2.65. The van der Waals surface area contributed by atoms with Crippen molar-refractivity contribution in [1.29, 1.82) is 0 Å². The van der Waals surface area contributed by atoms with Gasteiger partial charge in [0.05, 0.1) is 5.25 Å². The van der Waals surface area contributed by atoms with Crippen molar-refractivity contribution in [2.75, 3.05) is 13.1 Å². The van der Waals surface area contributed by atoms with Gasteiger partial charge < -0.3 is 5.32 Å². The zero-order valence-electron chi connectivity index (χ0n) is 13.2. The normalized spacial score (nSPS) is 52.5. The van der Waals surface area contributed by atoms with Crippen LogP contribution in [0.25, 0.3) is 0 Å². The van der Waals surface area contributed by atoms with E-state index in [9.17, 15) is 8.42 Å². The van der Waals surface area contributed by atoms with Crippen molar-refractivity contribution in [2.45, 2.75) is 69.6 Å². The molecule has 120 valence electrons. The van der Waals surface area contributed by atoms with Crippen molar-refractivity contribution < 1.29 is 8.42 Å². The fraction of sp³-hybridized carbons (Fsp3) is 1.00. The van der Waals surface area contributed by atoms with Crippen molar-refractivity contribution in [3.05, 3.63) is 0 Å². The van der Waals surface area contributed by atoms with Gasteiger partial charge in [-0.1, -0.05) is 13.8 Å². The molecule has 1 aliphatic heterocycles. The molecule has 5 rings (SSSR count). The predicted molar refractivity (Wildman–Crippen MR) is 83.5 cm³/mol. The molecule has 5 heteroatoms. The Hall–Kier alpha value is -0.130. The lowest BCUT2D eigenvalue weighted by Crippen LogP contribution is -2.65. The number of rotatable bonds is 3. The van der Waals surface area contributed by atoms with E-state index in [0.29, 0.717) is 17.4 Å². The second-order valence-corrected chi connectivity index (χ2v) is 11.1. The van der Waals surface area contributed by atoms with E-state index in [-0.39, 0.29) is 10.8 Å². The van der Waals surface area contributed by atoms with Crippen LogP contribution in [0.2, 0.25) is 0 Å². The Labute approximate surface area is 128 Å². The topological polar surface area (TPSA) is 58.2 Å². The first kappa shape index (κ1) is 14.5. The molecule has 4 aliphatic carbocycles. The Balaban J connectivity index is 1.62. The summed E-state index contributed by atoms with van der Waals surface area (Å²) in [5, 5.41) is 2.95. The van der Waals surface area contributed by atoms with E-state index in [4.69, 9.17) is 0 Å². The van der Waals surface area contributed by atoms with E-state index in [1.807, 2.05) is 0 Å². The Morgan fingerprint density at radius 3 is 2.24 bits per heavy atom. The molecular formula is C16H28N2O2S. The van der Waals surface area contributed by atoms with Crippen molar-refractivity contribution in [3.63, 3.8) is 0 Å². The number of nitrogens with one attached hydrogen (secondary N) is 2.